The van der Waals surface area contributed by atoms with E-state index in [0.717, 1.165) is 0 Å². The van der Waals surface area contributed by atoms with Gasteiger partial charge in [0.15, 0.2) is 6.61 Å². The molecule has 4 nitrogen and oxygen atoms in total. The Morgan fingerprint density at radius 1 is 1.33 bits per heavy atom. The van der Waals surface area contributed by atoms with Crippen LogP contribution in [-0.2, 0) is 9.53 Å². The second-order valence-corrected chi connectivity index (χ2v) is 4.77. The standard InChI is InChI=1S/C12H13Cl2NO3/c1-7(2)15-11(16)6-18-12(17)9-4-3-8(13)5-10(9)14/h3-5,7H,6H2,1-2H3,(H,15,16). The van der Waals surface area contributed by atoms with E-state index in [1.165, 1.54) is 18.2 Å². The largest absolute Gasteiger partial charge is 0.452 e. The fourth-order valence-electron chi connectivity index (χ4n) is 1.23. The summed E-state index contributed by atoms with van der Waals surface area (Å²) in [7, 11) is 0. The molecular weight excluding hydrogens is 277 g/mol. The molecule has 0 heterocycles. The van der Waals surface area contributed by atoms with Gasteiger partial charge in [0.05, 0.1) is 10.6 Å². The Morgan fingerprint density at radius 3 is 2.56 bits per heavy atom. The summed E-state index contributed by atoms with van der Waals surface area (Å²) in [6.45, 7) is 3.29. The van der Waals surface area contributed by atoms with Crippen LogP contribution < -0.4 is 5.32 Å². The van der Waals surface area contributed by atoms with Crippen molar-refractivity contribution in [2.45, 2.75) is 19.9 Å². The molecule has 98 valence electrons. The Hall–Kier alpha value is -1.26. The van der Waals surface area contributed by atoms with Crippen molar-refractivity contribution in [1.82, 2.24) is 5.32 Å². The van der Waals surface area contributed by atoms with E-state index in [-0.39, 0.29) is 29.1 Å². The predicted molar refractivity (Wildman–Crippen MR) is 70.0 cm³/mol. The highest BCUT2D eigenvalue weighted by atomic mass is 35.5. The maximum absolute atomic E-state index is 11.6. The van der Waals surface area contributed by atoms with Crippen LogP contribution in [0.2, 0.25) is 10.0 Å². The zero-order valence-corrected chi connectivity index (χ0v) is 11.5. The molecule has 18 heavy (non-hydrogen) atoms. The fourth-order valence-corrected chi connectivity index (χ4v) is 1.71. The van der Waals surface area contributed by atoms with Gasteiger partial charge < -0.3 is 10.1 Å². The monoisotopic (exact) mass is 289 g/mol. The summed E-state index contributed by atoms with van der Waals surface area (Å²) in [5.41, 5.74) is 0.179. The molecule has 0 fully saturated rings. The van der Waals surface area contributed by atoms with Gasteiger partial charge in [-0.25, -0.2) is 4.79 Å². The highest BCUT2D eigenvalue weighted by Gasteiger charge is 2.14. The zero-order valence-electron chi connectivity index (χ0n) is 10.00. The van der Waals surface area contributed by atoms with Gasteiger partial charge in [-0.15, -0.1) is 0 Å². The first-order valence-electron chi connectivity index (χ1n) is 5.31. The summed E-state index contributed by atoms with van der Waals surface area (Å²) in [6, 6.07) is 4.41. The lowest BCUT2D eigenvalue weighted by Gasteiger charge is -2.09. The number of nitrogens with one attached hydrogen (secondary N) is 1. The van der Waals surface area contributed by atoms with Crippen molar-refractivity contribution < 1.29 is 14.3 Å². The van der Waals surface area contributed by atoms with E-state index < -0.39 is 5.97 Å². The lowest BCUT2D eigenvalue weighted by atomic mass is 10.2. The number of amides is 1. The molecule has 0 radical (unpaired) electrons. The molecule has 1 aromatic carbocycles. The summed E-state index contributed by atoms with van der Waals surface area (Å²) >= 11 is 11.5. The average molecular weight is 290 g/mol. The van der Waals surface area contributed by atoms with E-state index in [1.807, 2.05) is 13.8 Å². The van der Waals surface area contributed by atoms with Crippen molar-refractivity contribution in [3.63, 3.8) is 0 Å². The van der Waals surface area contributed by atoms with Crippen molar-refractivity contribution in [3.8, 4) is 0 Å². The number of ether oxygens (including phenoxy) is 1. The van der Waals surface area contributed by atoms with E-state index in [0.29, 0.717) is 5.02 Å². The van der Waals surface area contributed by atoms with E-state index in [2.05, 4.69) is 5.32 Å². The first kappa shape index (κ1) is 14.8. The maximum Gasteiger partial charge on any atom is 0.340 e. The van der Waals surface area contributed by atoms with Gasteiger partial charge in [-0.3, -0.25) is 4.79 Å². The van der Waals surface area contributed by atoms with Gasteiger partial charge in [-0.2, -0.15) is 0 Å². The van der Waals surface area contributed by atoms with Crippen LogP contribution in [-0.4, -0.2) is 24.5 Å². The quantitative estimate of drug-likeness (QED) is 0.867. The normalized spacial score (nSPS) is 10.3. The van der Waals surface area contributed by atoms with Crippen LogP contribution in [0.3, 0.4) is 0 Å². The number of carbonyl (C=O) groups excluding carboxylic acids is 2. The van der Waals surface area contributed by atoms with Gasteiger partial charge in [-0.1, -0.05) is 23.2 Å². The summed E-state index contributed by atoms with van der Waals surface area (Å²) in [5.74, 6) is -1.01. The van der Waals surface area contributed by atoms with Gasteiger partial charge in [0.25, 0.3) is 5.91 Å². The fraction of sp³-hybridized carbons (Fsp3) is 0.333. The smallest absolute Gasteiger partial charge is 0.340 e. The van der Waals surface area contributed by atoms with E-state index in [1.54, 1.807) is 0 Å². The lowest BCUT2D eigenvalue weighted by molar-refractivity contribution is -0.124. The first-order valence-corrected chi connectivity index (χ1v) is 6.07. The molecule has 0 bridgehead atoms. The highest BCUT2D eigenvalue weighted by Crippen LogP contribution is 2.21. The molecule has 0 aliphatic carbocycles. The number of rotatable bonds is 4. The van der Waals surface area contributed by atoms with E-state index >= 15 is 0 Å². The summed E-state index contributed by atoms with van der Waals surface area (Å²) in [4.78, 5) is 22.9. The molecule has 0 saturated carbocycles. The first-order chi connectivity index (χ1) is 8.40. The average Bonchev–Trinajstić information content (AvgIpc) is 2.25. The Labute approximate surface area is 115 Å². The molecule has 1 N–H and O–H groups in total. The Balaban J connectivity index is 2.58. The molecule has 0 spiro atoms. The number of hydrogen-bond acceptors (Lipinski definition) is 3. The van der Waals surface area contributed by atoms with Crippen LogP contribution in [0.4, 0.5) is 0 Å². The summed E-state index contributed by atoms with van der Waals surface area (Å²) in [5, 5.41) is 3.22. The molecule has 1 aromatic rings. The minimum absolute atomic E-state index is 0.00433. The van der Waals surface area contributed by atoms with Crippen LogP contribution in [0.5, 0.6) is 0 Å². The van der Waals surface area contributed by atoms with Gasteiger partial charge >= 0.3 is 5.97 Å². The topological polar surface area (TPSA) is 55.4 Å². The Morgan fingerprint density at radius 2 is 2.00 bits per heavy atom. The molecule has 0 aromatic heterocycles. The van der Waals surface area contributed by atoms with E-state index in [9.17, 15) is 9.59 Å². The minimum atomic E-state index is -0.657. The van der Waals surface area contributed by atoms with Gasteiger partial charge in [0.1, 0.15) is 0 Å². The molecule has 1 rings (SSSR count). The number of carbonyl (C=O) groups is 2. The Bertz CT molecular complexity index is 461. The van der Waals surface area contributed by atoms with Crippen molar-refractivity contribution in [1.29, 1.82) is 0 Å². The van der Waals surface area contributed by atoms with Crippen molar-refractivity contribution in [2.75, 3.05) is 6.61 Å². The van der Waals surface area contributed by atoms with E-state index in [4.69, 9.17) is 27.9 Å². The molecule has 1 amide bonds. The molecule has 0 aliphatic heterocycles. The van der Waals surface area contributed by atoms with Crippen molar-refractivity contribution >= 4 is 35.1 Å². The second kappa shape index (κ2) is 6.61. The van der Waals surface area contributed by atoms with Crippen LogP contribution in [0.25, 0.3) is 0 Å². The molecule has 0 atom stereocenters. The molecule has 6 heteroatoms. The number of halogens is 2. The molecule has 0 saturated heterocycles. The lowest BCUT2D eigenvalue weighted by Crippen LogP contribution is -2.34. The molecule has 0 aliphatic rings. The third kappa shape index (κ3) is 4.55. The summed E-state index contributed by atoms with van der Waals surface area (Å²) in [6.07, 6.45) is 0. The third-order valence-electron chi connectivity index (χ3n) is 1.94. The van der Waals surface area contributed by atoms with Crippen LogP contribution in [0.1, 0.15) is 24.2 Å². The van der Waals surface area contributed by atoms with Crippen molar-refractivity contribution in [3.05, 3.63) is 33.8 Å². The number of benzene rings is 1. The molecule has 0 unspecified atom stereocenters. The number of hydrogen-bond donors (Lipinski definition) is 1. The SMILES string of the molecule is CC(C)NC(=O)COC(=O)c1ccc(Cl)cc1Cl. The van der Waals surface area contributed by atoms with Crippen LogP contribution in [0, 0.1) is 0 Å². The Kier molecular flexibility index (Phi) is 5.44. The van der Waals surface area contributed by atoms with Gasteiger partial charge in [-0.05, 0) is 32.0 Å². The van der Waals surface area contributed by atoms with Crippen molar-refractivity contribution in [2.24, 2.45) is 0 Å². The van der Waals surface area contributed by atoms with Gasteiger partial charge in [0, 0.05) is 11.1 Å². The zero-order chi connectivity index (χ0) is 13.7. The summed E-state index contributed by atoms with van der Waals surface area (Å²) < 4.78 is 4.83. The second-order valence-electron chi connectivity index (χ2n) is 3.92. The third-order valence-corrected chi connectivity index (χ3v) is 2.48. The number of esters is 1. The molecular formula is C12H13Cl2NO3. The van der Waals surface area contributed by atoms with Crippen LogP contribution in [0.15, 0.2) is 18.2 Å². The minimum Gasteiger partial charge on any atom is -0.452 e. The maximum atomic E-state index is 11.6. The van der Waals surface area contributed by atoms with Crippen LogP contribution >= 0.6 is 23.2 Å². The highest BCUT2D eigenvalue weighted by molar-refractivity contribution is 6.36. The predicted octanol–water partition coefficient (Wildman–Crippen LogP) is 2.67. The van der Waals surface area contributed by atoms with Gasteiger partial charge in [0.2, 0.25) is 0 Å².